The Morgan fingerprint density at radius 3 is 1.24 bits per heavy atom. The van der Waals surface area contributed by atoms with E-state index in [1.807, 2.05) is 0 Å². The molecule has 0 fully saturated rings. The van der Waals surface area contributed by atoms with E-state index in [1.165, 1.54) is 56.7 Å². The van der Waals surface area contributed by atoms with Crippen LogP contribution < -0.4 is 0 Å². The lowest BCUT2D eigenvalue weighted by Gasteiger charge is -2.33. The van der Waals surface area contributed by atoms with Crippen LogP contribution in [0.25, 0.3) is 0 Å². The van der Waals surface area contributed by atoms with Crippen molar-refractivity contribution in [2.45, 2.75) is 115 Å². The number of hydrogen-bond donors (Lipinski definition) is 0. The van der Waals surface area contributed by atoms with Crippen LogP contribution >= 0.6 is 11.1 Å². The van der Waals surface area contributed by atoms with E-state index in [1.54, 1.807) is 24.2 Å². The van der Waals surface area contributed by atoms with Crippen LogP contribution in [-0.2, 0) is 0 Å². The van der Waals surface area contributed by atoms with E-state index in [4.69, 9.17) is 11.1 Å². The van der Waals surface area contributed by atoms with E-state index in [-0.39, 0.29) is 0 Å². The molecule has 3 heteroatoms. The summed E-state index contributed by atoms with van der Waals surface area (Å²) in [6.45, 7) is 11.8. The lowest BCUT2D eigenvalue weighted by molar-refractivity contribution is 0.869. The maximum absolute atomic E-state index is 7.05. The first-order valence-electron chi connectivity index (χ1n) is 9.70. The molecule has 0 aromatic heterocycles. The fraction of sp³-hybridized carbons (Fsp3) is 1.00. The smallest absolute Gasteiger partial charge is 0.156 e. The van der Waals surface area contributed by atoms with Gasteiger partial charge in [-0.05, 0) is 18.1 Å². The molecule has 0 saturated carbocycles. The molecule has 0 atom stereocenters. The first-order chi connectivity index (χ1) is 10.0. The Morgan fingerprint density at radius 1 is 0.524 bits per heavy atom. The molecule has 0 aliphatic rings. The summed E-state index contributed by atoms with van der Waals surface area (Å²) in [4.78, 5) is 0. The van der Waals surface area contributed by atoms with Crippen LogP contribution in [0.2, 0.25) is 42.3 Å². The molecule has 0 radical (unpaired) electrons. The summed E-state index contributed by atoms with van der Waals surface area (Å²) in [6.07, 6.45) is 8.23. The van der Waals surface area contributed by atoms with E-state index < -0.39 is 15.5 Å². The third-order valence-corrected chi connectivity index (χ3v) is 16.9. The van der Waals surface area contributed by atoms with Crippen molar-refractivity contribution in [2.75, 3.05) is 0 Å². The first-order valence-corrected chi connectivity index (χ1v) is 16.2. The number of rotatable bonds is 14. The van der Waals surface area contributed by atoms with Crippen LogP contribution in [0.3, 0.4) is 0 Å². The van der Waals surface area contributed by atoms with Gasteiger partial charge in [0.1, 0.15) is 0 Å². The predicted molar refractivity (Wildman–Crippen MR) is 107 cm³/mol. The minimum absolute atomic E-state index is 0.978. The topological polar surface area (TPSA) is 0 Å². The molecular formula is C18H41ClSi2. The number of hydrogen-bond acceptors (Lipinski definition) is 0. The van der Waals surface area contributed by atoms with E-state index in [0.29, 0.717) is 0 Å². The van der Waals surface area contributed by atoms with E-state index in [2.05, 4.69) is 34.6 Å². The lowest BCUT2D eigenvalue weighted by atomic mass is 10.5. The molecule has 0 aliphatic heterocycles. The highest BCUT2D eigenvalue weighted by molar-refractivity contribution is 7.20. The van der Waals surface area contributed by atoms with Crippen LogP contribution in [-0.4, -0.2) is 15.5 Å². The molecule has 0 bridgehead atoms. The maximum Gasteiger partial charge on any atom is 0.156 e. The molecule has 0 spiro atoms. The SMILES string of the molecule is CCC[Si](Cl)(CCC)CCC[Si](CCC)(CCC)CCC. The van der Waals surface area contributed by atoms with Gasteiger partial charge in [-0.1, -0.05) is 97.3 Å². The fourth-order valence-electron chi connectivity index (χ4n) is 4.39. The molecule has 0 unspecified atom stereocenters. The van der Waals surface area contributed by atoms with E-state index in [0.717, 1.165) is 0 Å². The largest absolute Gasteiger partial charge is 0.167 e. The van der Waals surface area contributed by atoms with Gasteiger partial charge in [0, 0.05) is 0 Å². The Morgan fingerprint density at radius 2 is 0.905 bits per heavy atom. The van der Waals surface area contributed by atoms with E-state index in [9.17, 15) is 0 Å². The molecule has 128 valence electrons. The van der Waals surface area contributed by atoms with Gasteiger partial charge in [0.05, 0.1) is 8.07 Å². The maximum atomic E-state index is 7.05. The highest BCUT2D eigenvalue weighted by Crippen LogP contribution is 2.36. The second-order valence-corrected chi connectivity index (χ2v) is 18.5. The van der Waals surface area contributed by atoms with Gasteiger partial charge in [-0.15, -0.1) is 0 Å². The molecule has 0 nitrogen and oxygen atoms in total. The lowest BCUT2D eigenvalue weighted by Crippen LogP contribution is -2.34. The Labute approximate surface area is 142 Å². The number of halogens is 1. The third-order valence-electron chi connectivity index (χ3n) is 5.07. The standard InChI is InChI=1S/C18H41ClSi2/c1-6-12-20(13-7-2,14-8-3)17-11-18-21(19,15-9-4)16-10-5/h6-18H2,1-5H3. The monoisotopic (exact) mass is 348 g/mol. The predicted octanol–water partition coefficient (Wildman–Crippen LogP) is 8.06. The molecule has 0 aromatic rings. The quantitative estimate of drug-likeness (QED) is 0.220. The second-order valence-electron chi connectivity index (χ2n) is 7.25. The van der Waals surface area contributed by atoms with Gasteiger partial charge in [-0.25, -0.2) is 0 Å². The van der Waals surface area contributed by atoms with Gasteiger partial charge in [-0.3, -0.25) is 0 Å². The Kier molecular flexibility index (Phi) is 12.6. The van der Waals surface area contributed by atoms with Crippen molar-refractivity contribution in [3.05, 3.63) is 0 Å². The first kappa shape index (κ1) is 21.7. The summed E-state index contributed by atoms with van der Waals surface area (Å²) in [7, 11) is -2.40. The minimum atomic E-state index is -1.42. The zero-order valence-electron chi connectivity index (χ0n) is 15.6. The molecule has 0 heterocycles. The van der Waals surface area contributed by atoms with Gasteiger partial charge in [0.25, 0.3) is 0 Å². The molecule has 0 N–H and O–H groups in total. The summed E-state index contributed by atoms with van der Waals surface area (Å²) in [5, 5.41) is 0. The summed E-state index contributed by atoms with van der Waals surface area (Å²) in [5.41, 5.74) is 0. The van der Waals surface area contributed by atoms with Crippen LogP contribution in [0.15, 0.2) is 0 Å². The average molecular weight is 349 g/mol. The second kappa shape index (κ2) is 12.2. The van der Waals surface area contributed by atoms with Gasteiger partial charge < -0.3 is 0 Å². The summed E-state index contributed by atoms with van der Waals surface area (Å²) >= 11 is 7.05. The fourth-order valence-corrected chi connectivity index (χ4v) is 15.2. The van der Waals surface area contributed by atoms with Crippen LogP contribution in [0.1, 0.15) is 73.1 Å². The Hall–Kier alpha value is 0.724. The molecule has 0 saturated heterocycles. The molecule has 0 amide bonds. The normalized spacial score (nSPS) is 12.9. The molecule has 21 heavy (non-hydrogen) atoms. The Balaban J connectivity index is 4.57. The zero-order chi connectivity index (χ0) is 16.2. The third kappa shape index (κ3) is 8.81. The van der Waals surface area contributed by atoms with Crippen molar-refractivity contribution in [2.24, 2.45) is 0 Å². The van der Waals surface area contributed by atoms with Crippen molar-refractivity contribution in [1.29, 1.82) is 0 Å². The van der Waals surface area contributed by atoms with Crippen molar-refractivity contribution < 1.29 is 0 Å². The van der Waals surface area contributed by atoms with Crippen molar-refractivity contribution in [3.63, 3.8) is 0 Å². The molecular weight excluding hydrogens is 308 g/mol. The minimum Gasteiger partial charge on any atom is -0.167 e. The van der Waals surface area contributed by atoms with Crippen molar-refractivity contribution in [1.82, 2.24) is 0 Å². The summed E-state index contributed by atoms with van der Waals surface area (Å²) in [5.74, 6) is 0. The van der Waals surface area contributed by atoms with Crippen molar-refractivity contribution >= 4 is 26.5 Å². The van der Waals surface area contributed by atoms with Crippen LogP contribution in [0, 0.1) is 0 Å². The highest BCUT2D eigenvalue weighted by Gasteiger charge is 2.33. The Bertz CT molecular complexity index is 220. The van der Waals surface area contributed by atoms with Crippen LogP contribution in [0.4, 0.5) is 0 Å². The van der Waals surface area contributed by atoms with Gasteiger partial charge in [0.2, 0.25) is 0 Å². The van der Waals surface area contributed by atoms with Crippen LogP contribution in [0.5, 0.6) is 0 Å². The molecule has 0 aromatic carbocycles. The molecule has 0 rings (SSSR count). The highest BCUT2D eigenvalue weighted by atomic mass is 35.6. The average Bonchev–Trinajstić information content (AvgIpc) is 2.40. The summed E-state index contributed by atoms with van der Waals surface area (Å²) < 4.78 is 0. The van der Waals surface area contributed by atoms with E-state index >= 15 is 0 Å². The van der Waals surface area contributed by atoms with Crippen molar-refractivity contribution in [3.8, 4) is 0 Å². The zero-order valence-corrected chi connectivity index (χ0v) is 18.3. The molecule has 0 aliphatic carbocycles. The van der Waals surface area contributed by atoms with Gasteiger partial charge >= 0.3 is 0 Å². The summed E-state index contributed by atoms with van der Waals surface area (Å²) in [6, 6.07) is 10.3. The van der Waals surface area contributed by atoms with Gasteiger partial charge in [-0.2, -0.15) is 11.1 Å². The van der Waals surface area contributed by atoms with Gasteiger partial charge in [0.15, 0.2) is 7.38 Å².